The highest BCUT2D eigenvalue weighted by Crippen LogP contribution is 2.44. The molecule has 0 radical (unpaired) electrons. The smallest absolute Gasteiger partial charge is 0.0991 e. The van der Waals surface area contributed by atoms with Crippen molar-refractivity contribution in [1.82, 2.24) is 15.0 Å². The Labute approximate surface area is 266 Å². The van der Waals surface area contributed by atoms with Crippen LogP contribution >= 0.6 is 0 Å². The number of hydrogen-bond acceptors (Lipinski definition) is 4. The number of nitrogens with zero attached hydrogens (tertiary/aromatic N) is 4. The van der Waals surface area contributed by atoms with E-state index in [2.05, 4.69) is 113 Å². The van der Waals surface area contributed by atoms with Crippen LogP contribution in [0.3, 0.4) is 0 Å². The van der Waals surface area contributed by atoms with Crippen LogP contribution in [0.25, 0.3) is 77.7 Å². The molecule has 214 valence electrons. The molecular formula is C42H26N4. The summed E-state index contributed by atoms with van der Waals surface area (Å²) in [5.41, 5.74) is 10.3. The molecule has 0 fully saturated rings. The van der Waals surface area contributed by atoms with Gasteiger partial charge in [0.25, 0.3) is 0 Å². The molecule has 0 bridgehead atoms. The van der Waals surface area contributed by atoms with Crippen LogP contribution in [0.5, 0.6) is 0 Å². The molecular weight excluding hydrogens is 560 g/mol. The average molecular weight is 587 g/mol. The van der Waals surface area contributed by atoms with Gasteiger partial charge in [0.1, 0.15) is 0 Å². The van der Waals surface area contributed by atoms with Gasteiger partial charge in [0.2, 0.25) is 0 Å². The SMILES string of the molecule is N#Cc1ccc(-c2c(-c3cc4ccccc4cc3-c3cc(-c4ccccn4)nc(-c4ccccn4)c3)ccc3ccccc23)cc1. The first kappa shape index (κ1) is 27.1. The van der Waals surface area contributed by atoms with Crippen molar-refractivity contribution in [3.63, 3.8) is 0 Å². The minimum atomic E-state index is 0.637. The molecule has 8 rings (SSSR count). The summed E-state index contributed by atoms with van der Waals surface area (Å²) in [4.78, 5) is 14.3. The second kappa shape index (κ2) is 11.6. The monoisotopic (exact) mass is 586 g/mol. The Morgan fingerprint density at radius 3 is 1.63 bits per heavy atom. The molecule has 0 atom stereocenters. The fourth-order valence-corrected chi connectivity index (χ4v) is 6.20. The molecule has 8 aromatic rings. The molecule has 3 heterocycles. The highest BCUT2D eigenvalue weighted by atomic mass is 14.8. The van der Waals surface area contributed by atoms with Crippen LogP contribution in [-0.4, -0.2) is 15.0 Å². The number of aromatic nitrogens is 3. The lowest BCUT2D eigenvalue weighted by molar-refractivity contribution is 1.22. The summed E-state index contributed by atoms with van der Waals surface area (Å²) in [6.07, 6.45) is 3.59. The molecule has 4 nitrogen and oxygen atoms in total. The first-order valence-electron chi connectivity index (χ1n) is 15.2. The lowest BCUT2D eigenvalue weighted by Gasteiger charge is -2.19. The van der Waals surface area contributed by atoms with Crippen molar-refractivity contribution in [3.8, 4) is 62.2 Å². The van der Waals surface area contributed by atoms with Crippen LogP contribution in [0.4, 0.5) is 0 Å². The third kappa shape index (κ3) is 4.96. The van der Waals surface area contributed by atoms with Crippen LogP contribution in [0.15, 0.2) is 158 Å². The number of fused-ring (bicyclic) bond motifs is 2. The molecule has 0 saturated carbocycles. The minimum absolute atomic E-state index is 0.637. The van der Waals surface area contributed by atoms with Gasteiger partial charge in [-0.1, -0.05) is 84.9 Å². The van der Waals surface area contributed by atoms with Gasteiger partial charge in [0.15, 0.2) is 0 Å². The Bertz CT molecular complexity index is 2350. The van der Waals surface area contributed by atoms with Gasteiger partial charge in [-0.3, -0.25) is 9.97 Å². The zero-order chi connectivity index (χ0) is 30.9. The largest absolute Gasteiger partial charge is 0.255 e. The summed E-state index contributed by atoms with van der Waals surface area (Å²) < 4.78 is 0. The van der Waals surface area contributed by atoms with Crippen LogP contribution < -0.4 is 0 Å². The van der Waals surface area contributed by atoms with Crippen molar-refractivity contribution in [2.75, 3.05) is 0 Å². The standard InChI is InChI=1S/C42H26N4/c43-27-28-15-17-30(18-16-28)42-34-12-4-3-9-29(34)19-20-35(42)37-24-32-11-2-1-10-31(32)23-36(37)33-25-40(38-13-5-7-21-44-38)46-41(26-33)39-14-6-8-22-45-39/h1-26H. The van der Waals surface area contributed by atoms with E-state index in [0.29, 0.717) is 5.56 Å². The average Bonchev–Trinajstić information content (AvgIpc) is 3.14. The highest BCUT2D eigenvalue weighted by molar-refractivity contribution is 6.08. The quantitative estimate of drug-likeness (QED) is 0.201. The Hall–Kier alpha value is -6.44. The molecule has 3 aromatic heterocycles. The molecule has 4 heteroatoms. The molecule has 0 aliphatic carbocycles. The minimum Gasteiger partial charge on any atom is -0.255 e. The van der Waals surface area contributed by atoms with Gasteiger partial charge in [-0.2, -0.15) is 5.26 Å². The van der Waals surface area contributed by atoms with Crippen LogP contribution in [-0.2, 0) is 0 Å². The third-order valence-corrected chi connectivity index (χ3v) is 8.40. The van der Waals surface area contributed by atoms with E-state index >= 15 is 0 Å². The van der Waals surface area contributed by atoms with Crippen molar-refractivity contribution >= 4 is 21.5 Å². The lowest BCUT2D eigenvalue weighted by atomic mass is 9.85. The third-order valence-electron chi connectivity index (χ3n) is 8.40. The van der Waals surface area contributed by atoms with Gasteiger partial charge in [0, 0.05) is 12.4 Å². The van der Waals surface area contributed by atoms with Crippen molar-refractivity contribution in [2.24, 2.45) is 0 Å². The van der Waals surface area contributed by atoms with Gasteiger partial charge >= 0.3 is 0 Å². The second-order valence-corrected chi connectivity index (χ2v) is 11.2. The van der Waals surface area contributed by atoms with Crippen molar-refractivity contribution in [1.29, 1.82) is 5.26 Å². The molecule has 0 aliphatic heterocycles. The second-order valence-electron chi connectivity index (χ2n) is 11.2. The Kier molecular flexibility index (Phi) is 6.83. The number of hydrogen-bond donors (Lipinski definition) is 0. The van der Waals surface area contributed by atoms with E-state index in [-0.39, 0.29) is 0 Å². The van der Waals surface area contributed by atoms with Gasteiger partial charge in [-0.25, -0.2) is 4.98 Å². The van der Waals surface area contributed by atoms with Crippen molar-refractivity contribution < 1.29 is 0 Å². The van der Waals surface area contributed by atoms with Crippen molar-refractivity contribution in [3.05, 3.63) is 164 Å². The predicted molar refractivity (Wildman–Crippen MR) is 187 cm³/mol. The molecule has 0 saturated heterocycles. The molecule has 0 aliphatic rings. The van der Waals surface area contributed by atoms with E-state index in [1.54, 1.807) is 12.4 Å². The summed E-state index contributed by atoms with van der Waals surface area (Å²) in [5.74, 6) is 0. The van der Waals surface area contributed by atoms with E-state index in [1.165, 1.54) is 0 Å². The van der Waals surface area contributed by atoms with E-state index in [1.807, 2.05) is 48.5 Å². The summed E-state index contributed by atoms with van der Waals surface area (Å²) in [5, 5.41) is 14.1. The normalized spacial score (nSPS) is 11.0. The van der Waals surface area contributed by atoms with E-state index < -0.39 is 0 Å². The van der Waals surface area contributed by atoms with E-state index in [0.717, 1.165) is 77.7 Å². The number of rotatable bonds is 5. The maximum atomic E-state index is 9.51. The van der Waals surface area contributed by atoms with Gasteiger partial charge in [-0.05, 0) is 116 Å². The van der Waals surface area contributed by atoms with Crippen molar-refractivity contribution in [2.45, 2.75) is 0 Å². The van der Waals surface area contributed by atoms with Crippen LogP contribution in [0.2, 0.25) is 0 Å². The highest BCUT2D eigenvalue weighted by Gasteiger charge is 2.19. The number of benzene rings is 5. The predicted octanol–water partition coefficient (Wildman–Crippen LogP) is 10.4. The topological polar surface area (TPSA) is 62.5 Å². The fraction of sp³-hybridized carbons (Fsp3) is 0. The zero-order valence-corrected chi connectivity index (χ0v) is 24.8. The summed E-state index contributed by atoms with van der Waals surface area (Å²) in [6, 6.07) is 52.1. The Morgan fingerprint density at radius 1 is 0.435 bits per heavy atom. The summed E-state index contributed by atoms with van der Waals surface area (Å²) in [7, 11) is 0. The molecule has 0 unspecified atom stereocenters. The van der Waals surface area contributed by atoms with Crippen LogP contribution in [0, 0.1) is 11.3 Å². The van der Waals surface area contributed by atoms with E-state index in [9.17, 15) is 5.26 Å². The van der Waals surface area contributed by atoms with Gasteiger partial charge in [0.05, 0.1) is 34.4 Å². The molecule has 46 heavy (non-hydrogen) atoms. The summed E-state index contributed by atoms with van der Waals surface area (Å²) >= 11 is 0. The Balaban J connectivity index is 1.45. The van der Waals surface area contributed by atoms with Gasteiger partial charge < -0.3 is 0 Å². The summed E-state index contributed by atoms with van der Waals surface area (Å²) in [6.45, 7) is 0. The first-order chi connectivity index (χ1) is 22.7. The Morgan fingerprint density at radius 2 is 1.02 bits per heavy atom. The number of nitriles is 1. The molecule has 0 amide bonds. The van der Waals surface area contributed by atoms with Gasteiger partial charge in [-0.15, -0.1) is 0 Å². The maximum absolute atomic E-state index is 9.51. The molecule has 0 spiro atoms. The lowest BCUT2D eigenvalue weighted by Crippen LogP contribution is -1.96. The first-order valence-corrected chi connectivity index (χ1v) is 15.2. The molecule has 0 N–H and O–H groups in total. The van der Waals surface area contributed by atoms with E-state index in [4.69, 9.17) is 4.98 Å². The van der Waals surface area contributed by atoms with Crippen LogP contribution in [0.1, 0.15) is 5.56 Å². The molecule has 5 aromatic carbocycles. The number of pyridine rings is 3. The fourth-order valence-electron chi connectivity index (χ4n) is 6.20. The maximum Gasteiger partial charge on any atom is 0.0991 e. The zero-order valence-electron chi connectivity index (χ0n) is 24.8.